The summed E-state index contributed by atoms with van der Waals surface area (Å²) in [5.41, 5.74) is 0.689. The lowest BCUT2D eigenvalue weighted by atomic mass is 10.1. The monoisotopic (exact) mass is 464 g/mol. The Balaban J connectivity index is 1.30. The molecule has 0 spiro atoms. The van der Waals surface area contributed by atoms with E-state index in [1.165, 1.54) is 22.9 Å². The first-order valence-corrected chi connectivity index (χ1v) is 10.4. The molecule has 3 heterocycles. The van der Waals surface area contributed by atoms with Gasteiger partial charge in [-0.1, -0.05) is 11.3 Å². The molecule has 10 nitrogen and oxygen atoms in total. The third kappa shape index (κ3) is 5.30. The van der Waals surface area contributed by atoms with Crippen LogP contribution < -0.4 is 4.90 Å². The van der Waals surface area contributed by atoms with Gasteiger partial charge in [0.05, 0.1) is 17.8 Å². The highest BCUT2D eigenvalue weighted by Gasteiger charge is 2.31. The fourth-order valence-corrected chi connectivity index (χ4v) is 3.87. The molecule has 0 unspecified atom stereocenters. The number of nitro groups is 1. The molecule has 3 aromatic rings. The Bertz CT molecular complexity index is 1120. The van der Waals surface area contributed by atoms with Crippen LogP contribution in [0, 0.1) is 17.0 Å². The first kappa shape index (κ1) is 22.7. The largest absolute Gasteiger partial charge is 0.416 e. The first-order valence-electron chi connectivity index (χ1n) is 10.4. The van der Waals surface area contributed by atoms with Gasteiger partial charge in [0.1, 0.15) is 12.7 Å². The van der Waals surface area contributed by atoms with Crippen molar-refractivity contribution in [3.63, 3.8) is 0 Å². The van der Waals surface area contributed by atoms with Crippen molar-refractivity contribution in [2.75, 3.05) is 31.1 Å². The molecule has 0 bridgehead atoms. The van der Waals surface area contributed by atoms with E-state index < -0.39 is 16.7 Å². The quantitative estimate of drug-likeness (QED) is 0.392. The molecular formula is C20H23F3N8O2. The van der Waals surface area contributed by atoms with Crippen molar-refractivity contribution in [2.24, 2.45) is 0 Å². The van der Waals surface area contributed by atoms with E-state index in [2.05, 4.69) is 20.2 Å². The van der Waals surface area contributed by atoms with Gasteiger partial charge in [-0.05, 0) is 23.1 Å². The number of alkyl halides is 3. The molecule has 0 amide bonds. The van der Waals surface area contributed by atoms with Gasteiger partial charge in [0.15, 0.2) is 5.82 Å². The molecule has 1 aliphatic rings. The highest BCUT2D eigenvalue weighted by Crippen LogP contribution is 2.31. The molecule has 176 valence electrons. The Morgan fingerprint density at radius 3 is 2.61 bits per heavy atom. The topological polar surface area (TPSA) is 98.1 Å². The van der Waals surface area contributed by atoms with Crippen LogP contribution in [0.25, 0.3) is 0 Å². The number of hydrogen-bond donors (Lipinski definition) is 0. The standard InChI is InChI=1S/C20H23F3N8O2/c1-15-24-12-19(31(32)33)30(15)10-9-29-14-17(25-26-29)13-27-5-7-28(8-6-27)18-4-2-3-16(11-18)20(21,22)23/h2-4,11-12,14H,5-10,13H2,1H3. The van der Waals surface area contributed by atoms with Crippen LogP contribution in [0.4, 0.5) is 24.7 Å². The number of aromatic nitrogens is 5. The third-order valence-corrected chi connectivity index (χ3v) is 5.66. The van der Waals surface area contributed by atoms with Gasteiger partial charge in [-0.15, -0.1) is 5.10 Å². The van der Waals surface area contributed by atoms with E-state index in [0.717, 1.165) is 11.8 Å². The summed E-state index contributed by atoms with van der Waals surface area (Å²) in [5.74, 6) is 0.493. The fraction of sp³-hybridized carbons (Fsp3) is 0.450. The van der Waals surface area contributed by atoms with E-state index in [9.17, 15) is 23.3 Å². The number of rotatable bonds is 7. The Kier molecular flexibility index (Phi) is 6.31. The lowest BCUT2D eigenvalue weighted by Gasteiger charge is -2.35. The maximum atomic E-state index is 13.0. The number of imidazole rings is 1. The lowest BCUT2D eigenvalue weighted by Crippen LogP contribution is -2.46. The van der Waals surface area contributed by atoms with E-state index in [4.69, 9.17) is 0 Å². The maximum Gasteiger partial charge on any atom is 0.416 e. The fourth-order valence-electron chi connectivity index (χ4n) is 3.87. The van der Waals surface area contributed by atoms with Gasteiger partial charge in [-0.25, -0.2) is 14.2 Å². The second-order valence-corrected chi connectivity index (χ2v) is 7.86. The molecule has 0 N–H and O–H groups in total. The number of halogens is 3. The summed E-state index contributed by atoms with van der Waals surface area (Å²) in [4.78, 5) is 18.7. The van der Waals surface area contributed by atoms with Crippen LogP contribution in [0.1, 0.15) is 17.1 Å². The predicted molar refractivity (Wildman–Crippen MR) is 113 cm³/mol. The van der Waals surface area contributed by atoms with Crippen LogP contribution in [0.2, 0.25) is 0 Å². The van der Waals surface area contributed by atoms with Crippen molar-refractivity contribution in [1.82, 2.24) is 29.4 Å². The van der Waals surface area contributed by atoms with Gasteiger partial charge in [-0.3, -0.25) is 4.90 Å². The summed E-state index contributed by atoms with van der Waals surface area (Å²) in [6.45, 7) is 5.62. The maximum absolute atomic E-state index is 13.0. The van der Waals surface area contributed by atoms with Gasteiger partial charge in [0.2, 0.25) is 0 Å². The van der Waals surface area contributed by atoms with Crippen LogP contribution in [-0.2, 0) is 25.8 Å². The number of piperazine rings is 1. The molecule has 0 saturated carbocycles. The summed E-state index contributed by atoms with van der Waals surface area (Å²) >= 11 is 0. The van der Waals surface area contributed by atoms with E-state index in [1.54, 1.807) is 23.9 Å². The zero-order valence-electron chi connectivity index (χ0n) is 17.9. The summed E-state index contributed by atoms with van der Waals surface area (Å²) in [6, 6.07) is 5.40. The molecule has 1 fully saturated rings. The van der Waals surface area contributed by atoms with Crippen molar-refractivity contribution in [3.8, 4) is 0 Å². The van der Waals surface area contributed by atoms with Crippen LogP contribution in [0.3, 0.4) is 0 Å². The highest BCUT2D eigenvalue weighted by atomic mass is 19.4. The van der Waals surface area contributed by atoms with Crippen LogP contribution >= 0.6 is 0 Å². The number of benzene rings is 1. The van der Waals surface area contributed by atoms with Crippen molar-refractivity contribution in [3.05, 3.63) is 63.9 Å². The Hall–Kier alpha value is -3.48. The number of anilines is 1. The summed E-state index contributed by atoms with van der Waals surface area (Å²) in [6.07, 6.45) is -1.32. The van der Waals surface area contributed by atoms with E-state index >= 15 is 0 Å². The Morgan fingerprint density at radius 1 is 1.15 bits per heavy atom. The Morgan fingerprint density at radius 2 is 1.91 bits per heavy atom. The lowest BCUT2D eigenvalue weighted by molar-refractivity contribution is -0.392. The second kappa shape index (κ2) is 9.17. The number of nitrogens with zero attached hydrogens (tertiary/aromatic N) is 8. The van der Waals surface area contributed by atoms with Crippen LogP contribution in [0.15, 0.2) is 36.7 Å². The van der Waals surface area contributed by atoms with Crippen molar-refractivity contribution < 1.29 is 18.1 Å². The minimum absolute atomic E-state index is 0.0634. The molecule has 13 heteroatoms. The molecule has 2 aromatic heterocycles. The minimum Gasteiger partial charge on any atom is -0.369 e. The third-order valence-electron chi connectivity index (χ3n) is 5.66. The van der Waals surface area contributed by atoms with Gasteiger partial charge in [0.25, 0.3) is 0 Å². The number of hydrogen-bond acceptors (Lipinski definition) is 7. The van der Waals surface area contributed by atoms with Gasteiger partial charge < -0.3 is 15.0 Å². The van der Waals surface area contributed by atoms with Gasteiger partial charge >= 0.3 is 12.0 Å². The normalized spacial score (nSPS) is 15.2. The summed E-state index contributed by atoms with van der Waals surface area (Å²) in [5, 5.41) is 19.4. The smallest absolute Gasteiger partial charge is 0.369 e. The molecule has 1 aromatic carbocycles. The molecule has 33 heavy (non-hydrogen) atoms. The van der Waals surface area contributed by atoms with Gasteiger partial charge in [-0.2, -0.15) is 13.2 Å². The Labute approximate surface area is 187 Å². The average molecular weight is 464 g/mol. The molecule has 4 rings (SSSR count). The summed E-state index contributed by atoms with van der Waals surface area (Å²) < 4.78 is 42.1. The number of aryl methyl sites for hydroxylation is 2. The van der Waals surface area contributed by atoms with E-state index in [-0.39, 0.29) is 5.82 Å². The zero-order chi connectivity index (χ0) is 23.6. The van der Waals surface area contributed by atoms with E-state index in [0.29, 0.717) is 57.3 Å². The molecule has 1 saturated heterocycles. The minimum atomic E-state index is -4.36. The predicted octanol–water partition coefficient (Wildman–Crippen LogP) is 2.73. The molecule has 0 aliphatic carbocycles. The van der Waals surface area contributed by atoms with Crippen molar-refractivity contribution in [1.29, 1.82) is 0 Å². The van der Waals surface area contributed by atoms with Crippen LogP contribution in [0.5, 0.6) is 0 Å². The molecule has 0 radical (unpaired) electrons. The SMILES string of the molecule is Cc1ncc([N+](=O)[O-])n1CCn1cc(CN2CCN(c3cccc(C(F)(F)F)c3)CC2)nn1. The zero-order valence-corrected chi connectivity index (χ0v) is 17.9. The first-order chi connectivity index (χ1) is 15.7. The van der Waals surface area contributed by atoms with Crippen LogP contribution in [-0.4, -0.2) is 60.5 Å². The summed E-state index contributed by atoms with van der Waals surface area (Å²) in [7, 11) is 0. The van der Waals surface area contributed by atoms with Crippen molar-refractivity contribution in [2.45, 2.75) is 32.7 Å². The van der Waals surface area contributed by atoms with Crippen molar-refractivity contribution >= 4 is 11.5 Å². The molecular weight excluding hydrogens is 441 g/mol. The highest BCUT2D eigenvalue weighted by molar-refractivity contribution is 5.49. The molecule has 0 atom stereocenters. The van der Waals surface area contributed by atoms with E-state index in [1.807, 2.05) is 4.90 Å². The second-order valence-electron chi connectivity index (χ2n) is 7.86. The van der Waals surface area contributed by atoms with Gasteiger partial charge in [0, 0.05) is 51.5 Å². The molecule has 1 aliphatic heterocycles. The average Bonchev–Trinajstić information content (AvgIpc) is 3.38.